The zero-order valence-corrected chi connectivity index (χ0v) is 18.4. The highest BCUT2D eigenvalue weighted by molar-refractivity contribution is 4.87. The molecule has 3 rings (SSSR count). The third-order valence-electron chi connectivity index (χ3n) is 8.13. The fourth-order valence-electron chi connectivity index (χ4n) is 6.48. The van der Waals surface area contributed by atoms with Crippen molar-refractivity contribution in [3.63, 3.8) is 0 Å². The lowest BCUT2D eigenvalue weighted by atomic mass is 9.76. The van der Waals surface area contributed by atoms with E-state index in [1.54, 1.807) is 0 Å². The fourth-order valence-corrected chi connectivity index (χ4v) is 6.48. The lowest BCUT2D eigenvalue weighted by Crippen LogP contribution is -2.45. The quantitative estimate of drug-likeness (QED) is 0.490. The van der Waals surface area contributed by atoms with Crippen molar-refractivity contribution in [2.45, 2.75) is 153 Å². The van der Waals surface area contributed by atoms with Gasteiger partial charge in [0, 0.05) is 12.1 Å². The van der Waals surface area contributed by atoms with Crippen molar-refractivity contribution in [2.24, 2.45) is 11.8 Å². The highest BCUT2D eigenvalue weighted by Gasteiger charge is 2.31. The van der Waals surface area contributed by atoms with Crippen LogP contribution in [0.5, 0.6) is 0 Å². The fraction of sp³-hybridized carbons (Fsp3) is 1.00. The molecule has 2 unspecified atom stereocenters. The van der Waals surface area contributed by atoms with E-state index in [0.29, 0.717) is 0 Å². The van der Waals surface area contributed by atoms with Gasteiger partial charge in [0.2, 0.25) is 0 Å². The van der Waals surface area contributed by atoms with E-state index in [9.17, 15) is 0 Å². The van der Waals surface area contributed by atoms with Crippen molar-refractivity contribution >= 4 is 0 Å². The Bertz CT molecular complexity index is 345. The minimum absolute atomic E-state index is 0.827. The molecular formula is C26H49N. The summed E-state index contributed by atoms with van der Waals surface area (Å²) in [5.41, 5.74) is 0. The molecule has 27 heavy (non-hydrogen) atoms. The van der Waals surface area contributed by atoms with Gasteiger partial charge >= 0.3 is 0 Å². The maximum atomic E-state index is 4.30. The topological polar surface area (TPSA) is 12.0 Å². The number of hydrogen-bond donors (Lipinski definition) is 1. The first kappa shape index (κ1) is 21.7. The van der Waals surface area contributed by atoms with E-state index in [1.165, 1.54) is 141 Å². The minimum Gasteiger partial charge on any atom is -0.311 e. The first-order chi connectivity index (χ1) is 13.4. The van der Waals surface area contributed by atoms with Gasteiger partial charge in [-0.05, 0) is 37.5 Å². The second-order valence-corrected chi connectivity index (χ2v) is 10.3. The molecule has 1 heteroatoms. The Morgan fingerprint density at radius 2 is 0.778 bits per heavy atom. The molecule has 3 aliphatic carbocycles. The average Bonchev–Trinajstić information content (AvgIpc) is 2.83. The summed E-state index contributed by atoms with van der Waals surface area (Å²) in [7, 11) is 0. The molecule has 3 saturated carbocycles. The summed E-state index contributed by atoms with van der Waals surface area (Å²) in [6.45, 7) is 0. The molecular weight excluding hydrogens is 326 g/mol. The third-order valence-corrected chi connectivity index (χ3v) is 8.13. The van der Waals surface area contributed by atoms with Crippen molar-refractivity contribution in [3.05, 3.63) is 0 Å². The zero-order valence-electron chi connectivity index (χ0n) is 18.4. The highest BCUT2D eigenvalue weighted by Crippen LogP contribution is 2.36. The lowest BCUT2D eigenvalue weighted by molar-refractivity contribution is 0.185. The Kier molecular flexibility index (Phi) is 10.6. The zero-order chi connectivity index (χ0) is 18.6. The second-order valence-electron chi connectivity index (χ2n) is 10.3. The highest BCUT2D eigenvalue weighted by atomic mass is 15.0. The Hall–Kier alpha value is -0.0400. The molecule has 0 bridgehead atoms. The molecule has 1 N–H and O–H groups in total. The maximum Gasteiger partial charge on any atom is 0.0101 e. The van der Waals surface area contributed by atoms with Crippen LogP contribution in [-0.4, -0.2) is 12.1 Å². The van der Waals surface area contributed by atoms with Crippen LogP contribution >= 0.6 is 0 Å². The van der Waals surface area contributed by atoms with Gasteiger partial charge in [-0.1, -0.05) is 116 Å². The van der Waals surface area contributed by atoms with Crippen LogP contribution in [0.2, 0.25) is 0 Å². The van der Waals surface area contributed by atoms with Gasteiger partial charge < -0.3 is 5.32 Å². The SMILES string of the molecule is C1CCCCC(C2CCCCCC2NC2CCCCCCCC2)CCCC1. The summed E-state index contributed by atoms with van der Waals surface area (Å²) in [4.78, 5) is 0. The molecule has 0 saturated heterocycles. The van der Waals surface area contributed by atoms with Crippen molar-refractivity contribution in [1.82, 2.24) is 5.32 Å². The summed E-state index contributed by atoms with van der Waals surface area (Å²) in [6.07, 6.45) is 32.9. The number of nitrogens with one attached hydrogen (secondary N) is 1. The molecule has 3 aliphatic rings. The molecule has 0 amide bonds. The monoisotopic (exact) mass is 375 g/mol. The Morgan fingerprint density at radius 3 is 1.37 bits per heavy atom. The molecule has 0 aromatic carbocycles. The standard InChI is InChI=1S/C26H49N/c1-2-6-11-17-23(18-12-7-3-1)25-21-15-10-16-22-26(25)27-24-19-13-8-4-5-9-14-20-24/h23-27H,1-22H2. The van der Waals surface area contributed by atoms with Crippen LogP contribution in [0, 0.1) is 11.8 Å². The molecule has 0 aliphatic heterocycles. The van der Waals surface area contributed by atoms with E-state index in [1.807, 2.05) is 0 Å². The Labute approximate surface area is 170 Å². The van der Waals surface area contributed by atoms with Gasteiger partial charge in [-0.2, -0.15) is 0 Å². The molecule has 0 aromatic rings. The summed E-state index contributed by atoms with van der Waals surface area (Å²) in [5.74, 6) is 2.01. The predicted molar refractivity (Wildman–Crippen MR) is 119 cm³/mol. The maximum absolute atomic E-state index is 4.30. The molecule has 0 radical (unpaired) electrons. The van der Waals surface area contributed by atoms with Gasteiger partial charge in [0.05, 0.1) is 0 Å². The van der Waals surface area contributed by atoms with Gasteiger partial charge in [0.1, 0.15) is 0 Å². The van der Waals surface area contributed by atoms with Crippen LogP contribution in [0.4, 0.5) is 0 Å². The van der Waals surface area contributed by atoms with Gasteiger partial charge in [-0.15, -0.1) is 0 Å². The van der Waals surface area contributed by atoms with Crippen molar-refractivity contribution in [2.75, 3.05) is 0 Å². The van der Waals surface area contributed by atoms with Crippen LogP contribution in [0.1, 0.15) is 141 Å². The number of hydrogen-bond acceptors (Lipinski definition) is 1. The summed E-state index contributed by atoms with van der Waals surface area (Å²) < 4.78 is 0. The minimum atomic E-state index is 0.827. The smallest absolute Gasteiger partial charge is 0.0101 e. The van der Waals surface area contributed by atoms with E-state index in [-0.39, 0.29) is 0 Å². The molecule has 2 atom stereocenters. The van der Waals surface area contributed by atoms with Gasteiger partial charge in [-0.25, -0.2) is 0 Å². The average molecular weight is 376 g/mol. The van der Waals surface area contributed by atoms with Crippen LogP contribution < -0.4 is 5.32 Å². The molecule has 0 heterocycles. The predicted octanol–water partition coefficient (Wildman–Crippen LogP) is 8.17. The first-order valence-electron chi connectivity index (χ1n) is 13.2. The van der Waals surface area contributed by atoms with Crippen molar-refractivity contribution in [3.8, 4) is 0 Å². The number of rotatable bonds is 3. The summed E-state index contributed by atoms with van der Waals surface area (Å²) >= 11 is 0. The van der Waals surface area contributed by atoms with Crippen LogP contribution in [0.3, 0.4) is 0 Å². The van der Waals surface area contributed by atoms with Crippen LogP contribution in [0.25, 0.3) is 0 Å². The van der Waals surface area contributed by atoms with E-state index < -0.39 is 0 Å². The van der Waals surface area contributed by atoms with Gasteiger partial charge in [0.15, 0.2) is 0 Å². The molecule has 158 valence electrons. The van der Waals surface area contributed by atoms with Crippen LogP contribution in [0.15, 0.2) is 0 Å². The van der Waals surface area contributed by atoms with Crippen molar-refractivity contribution in [1.29, 1.82) is 0 Å². The van der Waals surface area contributed by atoms with Gasteiger partial charge in [0.25, 0.3) is 0 Å². The molecule has 1 nitrogen and oxygen atoms in total. The van der Waals surface area contributed by atoms with E-state index in [0.717, 1.165) is 23.9 Å². The Balaban J connectivity index is 1.60. The normalized spacial score (nSPS) is 32.0. The van der Waals surface area contributed by atoms with E-state index >= 15 is 0 Å². The Morgan fingerprint density at radius 1 is 0.370 bits per heavy atom. The van der Waals surface area contributed by atoms with Crippen molar-refractivity contribution < 1.29 is 0 Å². The second kappa shape index (κ2) is 13.2. The first-order valence-corrected chi connectivity index (χ1v) is 13.2. The molecule has 0 aromatic heterocycles. The molecule has 3 fully saturated rings. The van der Waals surface area contributed by atoms with E-state index in [2.05, 4.69) is 5.32 Å². The third kappa shape index (κ3) is 8.08. The molecule has 0 spiro atoms. The van der Waals surface area contributed by atoms with Crippen LogP contribution in [-0.2, 0) is 0 Å². The summed E-state index contributed by atoms with van der Waals surface area (Å²) in [5, 5.41) is 4.30. The largest absolute Gasteiger partial charge is 0.311 e. The van der Waals surface area contributed by atoms with E-state index in [4.69, 9.17) is 0 Å². The lowest BCUT2D eigenvalue weighted by Gasteiger charge is -2.36. The van der Waals surface area contributed by atoms with Gasteiger partial charge in [-0.3, -0.25) is 0 Å². The summed E-state index contributed by atoms with van der Waals surface area (Å²) in [6, 6.07) is 1.67.